The highest BCUT2D eigenvalue weighted by Gasteiger charge is 2.18. The van der Waals surface area contributed by atoms with E-state index >= 15 is 0 Å². The van der Waals surface area contributed by atoms with Crippen LogP contribution in [0.2, 0.25) is 5.02 Å². The summed E-state index contributed by atoms with van der Waals surface area (Å²) in [6.45, 7) is 1.49. The first-order valence-corrected chi connectivity index (χ1v) is 7.60. The van der Waals surface area contributed by atoms with Crippen molar-refractivity contribution < 1.29 is 14.3 Å². The number of esters is 1. The summed E-state index contributed by atoms with van der Waals surface area (Å²) in [6, 6.07) is 15.3. The molecule has 0 aliphatic heterocycles. The molecule has 2 aromatic carbocycles. The molecule has 0 saturated heterocycles. The minimum atomic E-state index is -0.949. The molecule has 0 aliphatic carbocycles. The lowest BCUT2D eigenvalue weighted by atomic mass is 10.1. The number of hydrogen-bond acceptors (Lipinski definition) is 4. The highest BCUT2D eigenvalue weighted by Crippen LogP contribution is 2.12. The second-order valence-corrected chi connectivity index (χ2v) is 5.55. The zero-order valence-electron chi connectivity index (χ0n) is 13.0. The van der Waals surface area contributed by atoms with Gasteiger partial charge in [0.25, 0.3) is 5.91 Å². The molecule has 24 heavy (non-hydrogen) atoms. The average Bonchev–Trinajstić information content (AvgIpc) is 2.57. The zero-order valence-corrected chi connectivity index (χ0v) is 13.7. The molecular weight excluding hydrogens is 328 g/mol. The Morgan fingerprint density at radius 3 is 2.62 bits per heavy atom. The number of rotatable bonds is 5. The Morgan fingerprint density at radius 2 is 1.96 bits per heavy atom. The highest BCUT2D eigenvalue weighted by molar-refractivity contribution is 6.30. The van der Waals surface area contributed by atoms with Gasteiger partial charge in [-0.2, -0.15) is 5.26 Å². The van der Waals surface area contributed by atoms with Crippen molar-refractivity contribution in [1.82, 2.24) is 0 Å². The molecule has 1 N–H and O–H groups in total. The van der Waals surface area contributed by atoms with Crippen LogP contribution in [0.5, 0.6) is 0 Å². The molecule has 0 aromatic heterocycles. The van der Waals surface area contributed by atoms with Crippen LogP contribution in [-0.2, 0) is 20.7 Å². The average molecular weight is 343 g/mol. The van der Waals surface area contributed by atoms with Gasteiger partial charge in [-0.3, -0.25) is 9.59 Å². The second-order valence-electron chi connectivity index (χ2n) is 5.12. The van der Waals surface area contributed by atoms with Crippen LogP contribution in [0.4, 0.5) is 5.69 Å². The summed E-state index contributed by atoms with van der Waals surface area (Å²) in [6.07, 6.45) is -0.894. The van der Waals surface area contributed by atoms with Crippen LogP contribution in [0.1, 0.15) is 18.1 Å². The van der Waals surface area contributed by atoms with Gasteiger partial charge in [-0.1, -0.05) is 29.8 Å². The zero-order chi connectivity index (χ0) is 17.5. The summed E-state index contributed by atoms with van der Waals surface area (Å²) >= 11 is 5.78. The van der Waals surface area contributed by atoms with Gasteiger partial charge in [-0.25, -0.2) is 0 Å². The molecule has 0 aliphatic rings. The minimum Gasteiger partial charge on any atom is -0.452 e. The van der Waals surface area contributed by atoms with E-state index in [2.05, 4.69) is 5.32 Å². The fourth-order valence-electron chi connectivity index (χ4n) is 1.97. The topological polar surface area (TPSA) is 79.2 Å². The van der Waals surface area contributed by atoms with Gasteiger partial charge in [0.15, 0.2) is 6.10 Å². The standard InChI is InChI=1S/C18H15ClN2O3/c1-12(18(23)21-16-4-2-3-14(9-16)11-20)24-17(22)10-13-5-7-15(19)8-6-13/h2-9,12H,10H2,1H3,(H,21,23)/t12-/m1/s1. The van der Waals surface area contributed by atoms with Gasteiger partial charge in [-0.15, -0.1) is 0 Å². The van der Waals surface area contributed by atoms with Crippen LogP contribution in [0.3, 0.4) is 0 Å². The lowest BCUT2D eigenvalue weighted by molar-refractivity contribution is -0.152. The summed E-state index contributed by atoms with van der Waals surface area (Å²) in [5.41, 5.74) is 1.65. The van der Waals surface area contributed by atoms with Crippen molar-refractivity contribution in [2.24, 2.45) is 0 Å². The number of halogens is 1. The van der Waals surface area contributed by atoms with Crippen LogP contribution < -0.4 is 5.32 Å². The van der Waals surface area contributed by atoms with E-state index in [0.29, 0.717) is 16.3 Å². The summed E-state index contributed by atoms with van der Waals surface area (Å²) in [5.74, 6) is -0.972. The summed E-state index contributed by atoms with van der Waals surface area (Å²) in [5, 5.41) is 12.0. The van der Waals surface area contributed by atoms with E-state index in [-0.39, 0.29) is 6.42 Å². The van der Waals surface area contributed by atoms with E-state index in [0.717, 1.165) is 5.56 Å². The minimum absolute atomic E-state index is 0.0543. The van der Waals surface area contributed by atoms with Gasteiger partial charge >= 0.3 is 5.97 Å². The molecule has 0 heterocycles. The molecule has 0 bridgehead atoms. The Balaban J connectivity index is 1.89. The van der Waals surface area contributed by atoms with Crippen molar-refractivity contribution in [2.75, 3.05) is 5.32 Å². The lowest BCUT2D eigenvalue weighted by Crippen LogP contribution is -2.30. The normalized spacial score (nSPS) is 11.2. The van der Waals surface area contributed by atoms with Crippen molar-refractivity contribution in [1.29, 1.82) is 5.26 Å². The Hall–Kier alpha value is -2.84. The molecule has 0 saturated carbocycles. The molecule has 0 unspecified atom stereocenters. The molecule has 122 valence electrons. The van der Waals surface area contributed by atoms with Crippen LogP contribution in [0.25, 0.3) is 0 Å². The van der Waals surface area contributed by atoms with Crippen LogP contribution in [-0.4, -0.2) is 18.0 Å². The van der Waals surface area contributed by atoms with Gasteiger partial charge in [-0.05, 0) is 42.8 Å². The first kappa shape index (κ1) is 17.5. The van der Waals surface area contributed by atoms with Crippen LogP contribution in [0, 0.1) is 11.3 Å². The molecule has 0 spiro atoms. The van der Waals surface area contributed by atoms with Gasteiger partial charge in [0.05, 0.1) is 18.1 Å². The SMILES string of the molecule is C[C@@H](OC(=O)Cc1ccc(Cl)cc1)C(=O)Nc1cccc(C#N)c1. The van der Waals surface area contributed by atoms with E-state index < -0.39 is 18.0 Å². The predicted octanol–water partition coefficient (Wildman–Crippen LogP) is 3.32. The number of nitrogens with zero attached hydrogens (tertiary/aromatic N) is 1. The molecule has 1 amide bonds. The molecule has 2 aromatic rings. The third-order valence-corrected chi connectivity index (χ3v) is 3.45. The molecular formula is C18H15ClN2O3. The third-order valence-electron chi connectivity index (χ3n) is 3.20. The van der Waals surface area contributed by atoms with Crippen LogP contribution in [0.15, 0.2) is 48.5 Å². The van der Waals surface area contributed by atoms with Gasteiger partial charge in [0.1, 0.15) is 0 Å². The predicted molar refractivity (Wildman–Crippen MR) is 90.5 cm³/mol. The Labute approximate surface area is 144 Å². The first-order valence-electron chi connectivity index (χ1n) is 7.23. The fourth-order valence-corrected chi connectivity index (χ4v) is 2.10. The van der Waals surface area contributed by atoms with E-state index in [9.17, 15) is 9.59 Å². The number of benzene rings is 2. The number of carbonyl (C=O) groups is 2. The smallest absolute Gasteiger partial charge is 0.311 e. The Bertz CT molecular complexity index is 782. The third kappa shape index (κ3) is 5.11. The number of anilines is 1. The van der Waals surface area contributed by atoms with Crippen molar-refractivity contribution >= 4 is 29.2 Å². The van der Waals surface area contributed by atoms with Crippen LogP contribution >= 0.6 is 11.6 Å². The van der Waals surface area contributed by atoms with Crippen molar-refractivity contribution in [3.8, 4) is 6.07 Å². The van der Waals surface area contributed by atoms with E-state index in [1.54, 1.807) is 48.5 Å². The maximum Gasteiger partial charge on any atom is 0.311 e. The number of nitrogens with one attached hydrogen (secondary N) is 1. The largest absolute Gasteiger partial charge is 0.452 e. The fraction of sp³-hybridized carbons (Fsp3) is 0.167. The maximum absolute atomic E-state index is 12.1. The van der Waals surface area contributed by atoms with Gasteiger partial charge in [0, 0.05) is 10.7 Å². The molecule has 0 fully saturated rings. The first-order chi connectivity index (χ1) is 11.5. The highest BCUT2D eigenvalue weighted by atomic mass is 35.5. The van der Waals surface area contributed by atoms with Crippen molar-refractivity contribution in [2.45, 2.75) is 19.4 Å². The Morgan fingerprint density at radius 1 is 1.25 bits per heavy atom. The number of hydrogen-bond donors (Lipinski definition) is 1. The monoisotopic (exact) mass is 342 g/mol. The second kappa shape index (κ2) is 8.14. The molecule has 1 atom stereocenters. The van der Waals surface area contributed by atoms with E-state index in [4.69, 9.17) is 21.6 Å². The summed E-state index contributed by atoms with van der Waals surface area (Å²) in [7, 11) is 0. The Kier molecular flexibility index (Phi) is 5.94. The van der Waals surface area contributed by atoms with Crippen molar-refractivity contribution in [3.63, 3.8) is 0 Å². The quantitative estimate of drug-likeness (QED) is 0.845. The molecule has 2 rings (SSSR count). The number of nitriles is 1. The molecule has 0 radical (unpaired) electrons. The van der Waals surface area contributed by atoms with Crippen molar-refractivity contribution in [3.05, 3.63) is 64.7 Å². The lowest BCUT2D eigenvalue weighted by Gasteiger charge is -2.13. The number of ether oxygens (including phenoxy) is 1. The summed E-state index contributed by atoms with van der Waals surface area (Å²) in [4.78, 5) is 23.9. The van der Waals surface area contributed by atoms with E-state index in [1.807, 2.05) is 6.07 Å². The maximum atomic E-state index is 12.1. The van der Waals surface area contributed by atoms with Gasteiger partial charge in [0.2, 0.25) is 0 Å². The van der Waals surface area contributed by atoms with E-state index in [1.165, 1.54) is 6.92 Å². The van der Waals surface area contributed by atoms with Gasteiger partial charge < -0.3 is 10.1 Å². The molecule has 6 heteroatoms. The summed E-state index contributed by atoms with van der Waals surface area (Å²) < 4.78 is 5.13. The number of carbonyl (C=O) groups excluding carboxylic acids is 2. The number of amides is 1. The molecule has 5 nitrogen and oxygen atoms in total.